The molecule has 0 spiro atoms. The Kier molecular flexibility index (Phi) is 8.11. The number of fused-ring (bicyclic) bond motifs is 2. The molecule has 2 saturated carbocycles. The van der Waals surface area contributed by atoms with Crippen LogP contribution < -0.4 is 24.8 Å². The molecule has 2 saturated heterocycles. The molecule has 4 aliphatic carbocycles. The molecule has 2 aliphatic heterocycles. The normalized spacial score (nSPS) is 42.7. The minimum atomic E-state index is -1.11. The van der Waals surface area contributed by atoms with Crippen molar-refractivity contribution in [1.82, 2.24) is 0 Å². The van der Waals surface area contributed by atoms with Crippen LogP contribution in [-0.2, 0) is 22.9 Å². The molecule has 2 heterocycles. The predicted molar refractivity (Wildman–Crippen MR) is 135 cm³/mol. The number of hydrogen-bond acceptors (Lipinski definition) is 0. The van der Waals surface area contributed by atoms with Gasteiger partial charge in [-0.05, 0) is 0 Å². The van der Waals surface area contributed by atoms with Gasteiger partial charge in [-0.25, -0.2) is 0 Å². The van der Waals surface area contributed by atoms with Crippen LogP contribution in [0.5, 0.6) is 0 Å². The van der Waals surface area contributed by atoms with Gasteiger partial charge in [0.25, 0.3) is 0 Å². The summed E-state index contributed by atoms with van der Waals surface area (Å²) < 4.78 is 1.81. The average Bonchev–Trinajstić information content (AvgIpc) is 3.29. The van der Waals surface area contributed by atoms with Crippen molar-refractivity contribution in [2.45, 2.75) is 94.2 Å². The second-order valence-corrected chi connectivity index (χ2v) is 33.3. The van der Waals surface area contributed by atoms with Crippen molar-refractivity contribution in [3.8, 4) is 0 Å². The van der Waals surface area contributed by atoms with Crippen LogP contribution in [0, 0.1) is 23.7 Å². The van der Waals surface area contributed by atoms with Gasteiger partial charge in [0.1, 0.15) is 0 Å². The Morgan fingerprint density at radius 1 is 0.667 bits per heavy atom. The SMILES string of the molecule is CC[Si]1([C]2([Hf+2][C]3([Si]4(CC)CCC4)CCC4C=CC=CC43)CCC3C=CC=CC32)CCC1.[Cl-].[Cl-]. The quantitative estimate of drug-likeness (QED) is 0.378. The number of halogens is 2. The van der Waals surface area contributed by atoms with Crippen molar-refractivity contribution in [3.63, 3.8) is 0 Å². The van der Waals surface area contributed by atoms with Crippen LogP contribution in [0.3, 0.4) is 0 Å². The molecule has 0 aromatic rings. The van der Waals surface area contributed by atoms with Gasteiger partial charge in [-0.15, -0.1) is 0 Å². The van der Waals surface area contributed by atoms with E-state index in [1.54, 1.807) is 61.9 Å². The molecule has 33 heavy (non-hydrogen) atoms. The van der Waals surface area contributed by atoms with E-state index in [1.807, 2.05) is 0 Å². The minimum Gasteiger partial charge on any atom is -1.00 e. The summed E-state index contributed by atoms with van der Waals surface area (Å²) in [6.07, 6.45) is 30.2. The van der Waals surface area contributed by atoms with Gasteiger partial charge in [0.15, 0.2) is 0 Å². The van der Waals surface area contributed by atoms with Crippen LogP contribution in [0.1, 0.15) is 52.4 Å². The Hall–Kier alpha value is 0.844. The maximum Gasteiger partial charge on any atom is -1.00 e. The fraction of sp³-hybridized carbons (Fsp3) is 0.714. The first kappa shape index (κ1) is 26.9. The van der Waals surface area contributed by atoms with E-state index >= 15 is 0 Å². The average molecular weight is 684 g/mol. The van der Waals surface area contributed by atoms with Gasteiger partial charge in [-0.3, -0.25) is 0 Å². The molecule has 5 heteroatoms. The monoisotopic (exact) mass is 684 g/mol. The van der Waals surface area contributed by atoms with E-state index in [0.29, 0.717) is 0 Å². The van der Waals surface area contributed by atoms with Crippen LogP contribution in [-0.4, -0.2) is 16.1 Å². The summed E-state index contributed by atoms with van der Waals surface area (Å²) in [6.45, 7) is 5.30. The van der Waals surface area contributed by atoms with E-state index in [1.165, 1.54) is 12.8 Å². The third kappa shape index (κ3) is 3.62. The number of rotatable bonds is 6. The number of hydrogen-bond donors (Lipinski definition) is 0. The van der Waals surface area contributed by atoms with Gasteiger partial charge in [0.05, 0.1) is 0 Å². The van der Waals surface area contributed by atoms with E-state index in [4.69, 9.17) is 0 Å². The molecule has 0 amide bonds. The first-order valence-corrected chi connectivity index (χ1v) is 22.5. The maximum absolute atomic E-state index is 2.78. The van der Waals surface area contributed by atoms with Gasteiger partial charge in [0.2, 0.25) is 0 Å². The van der Waals surface area contributed by atoms with E-state index in [0.717, 1.165) is 29.3 Å². The molecular formula is C28H42Cl2HfSi2. The van der Waals surface area contributed by atoms with Gasteiger partial charge in [-0.2, -0.15) is 0 Å². The van der Waals surface area contributed by atoms with Gasteiger partial charge < -0.3 is 24.8 Å². The molecule has 0 nitrogen and oxygen atoms in total. The molecule has 6 unspecified atom stereocenters. The summed E-state index contributed by atoms with van der Waals surface area (Å²) in [5.41, 5.74) is 0. The molecule has 0 N–H and O–H groups in total. The fourth-order valence-corrected chi connectivity index (χ4v) is 48.3. The summed E-state index contributed by atoms with van der Waals surface area (Å²) in [5, 5.41) is 0. The van der Waals surface area contributed by atoms with Gasteiger partial charge in [0, 0.05) is 0 Å². The molecule has 180 valence electrons. The summed E-state index contributed by atoms with van der Waals surface area (Å²) in [6, 6.07) is 10.0. The Bertz CT molecular complexity index is 764. The summed E-state index contributed by atoms with van der Waals surface area (Å²) in [5.74, 6) is 3.75. The second-order valence-electron chi connectivity index (χ2n) is 12.0. The van der Waals surface area contributed by atoms with Crippen LogP contribution in [0.2, 0.25) is 41.9 Å². The zero-order chi connectivity index (χ0) is 21.2. The first-order chi connectivity index (χ1) is 15.1. The Labute approximate surface area is 228 Å². The van der Waals surface area contributed by atoms with Crippen LogP contribution >= 0.6 is 0 Å². The standard InChI is InChI=1S/2C14H21Si.2ClH.Hf/c2*1-2-15(10-5-11-15)14-9-8-12-6-3-4-7-13(12)14;;;/h2*3-4,6-7,12-13H,2,5,8-11H2,1H3;2*1H;/q;;;;+2/p-2. The molecule has 6 atom stereocenters. The fourth-order valence-electron chi connectivity index (χ4n) is 9.67. The van der Waals surface area contributed by atoms with Crippen molar-refractivity contribution in [2.24, 2.45) is 23.7 Å². The summed E-state index contributed by atoms with van der Waals surface area (Å²) >= 11 is -0.909. The molecule has 0 aromatic heterocycles. The minimum absolute atomic E-state index is 0. The van der Waals surface area contributed by atoms with Gasteiger partial charge in [-0.1, -0.05) is 0 Å². The smallest absolute Gasteiger partial charge is 1.00 e. The third-order valence-corrected chi connectivity index (χ3v) is 45.5. The molecular weight excluding hydrogens is 642 g/mol. The second kappa shape index (κ2) is 9.95. The summed E-state index contributed by atoms with van der Waals surface area (Å²) in [7, 11) is -2.22. The van der Waals surface area contributed by atoms with E-state index in [9.17, 15) is 0 Å². The largest absolute Gasteiger partial charge is 1.00 e. The number of allylic oxidation sites excluding steroid dienone is 8. The summed E-state index contributed by atoms with van der Waals surface area (Å²) in [4.78, 5) is 0. The van der Waals surface area contributed by atoms with Crippen LogP contribution in [0.15, 0.2) is 48.6 Å². The van der Waals surface area contributed by atoms with Crippen LogP contribution in [0.4, 0.5) is 0 Å². The third-order valence-electron chi connectivity index (χ3n) is 11.7. The van der Waals surface area contributed by atoms with Crippen molar-refractivity contribution >= 4 is 16.1 Å². The molecule has 0 radical (unpaired) electrons. The van der Waals surface area contributed by atoms with Crippen molar-refractivity contribution in [3.05, 3.63) is 48.6 Å². The van der Waals surface area contributed by atoms with Crippen LogP contribution in [0.25, 0.3) is 0 Å². The zero-order valence-corrected chi connectivity index (χ0v) is 27.8. The Morgan fingerprint density at radius 3 is 1.39 bits per heavy atom. The van der Waals surface area contributed by atoms with Gasteiger partial charge >= 0.3 is 206 Å². The predicted octanol–water partition coefficient (Wildman–Crippen LogP) is 2.52. The van der Waals surface area contributed by atoms with E-state index in [2.05, 4.69) is 62.5 Å². The molecule has 0 bridgehead atoms. The first-order valence-electron chi connectivity index (χ1n) is 13.6. The maximum atomic E-state index is 2.78. The Balaban J connectivity index is 0.00000130. The van der Waals surface area contributed by atoms with E-state index in [-0.39, 0.29) is 24.8 Å². The van der Waals surface area contributed by atoms with E-state index < -0.39 is 39.1 Å². The Morgan fingerprint density at radius 2 is 1.06 bits per heavy atom. The molecule has 0 aromatic carbocycles. The molecule has 6 aliphatic rings. The van der Waals surface area contributed by atoms with Crippen molar-refractivity contribution in [2.75, 3.05) is 0 Å². The molecule has 4 fully saturated rings. The van der Waals surface area contributed by atoms with Crippen molar-refractivity contribution in [1.29, 1.82) is 0 Å². The molecule has 6 rings (SSSR count). The van der Waals surface area contributed by atoms with Crippen molar-refractivity contribution < 1.29 is 47.7 Å². The topological polar surface area (TPSA) is 0 Å². The zero-order valence-electron chi connectivity index (χ0n) is 20.7.